The first kappa shape index (κ1) is 16.2. The van der Waals surface area contributed by atoms with E-state index in [4.69, 9.17) is 5.73 Å². The average Bonchev–Trinajstić information content (AvgIpc) is 2.44. The molecule has 0 aliphatic rings. The molecule has 0 saturated carbocycles. The van der Waals surface area contributed by atoms with Crippen LogP contribution in [-0.2, 0) is 0 Å². The number of aromatic nitrogens is 2. The van der Waals surface area contributed by atoms with Crippen LogP contribution >= 0.6 is 11.8 Å². The maximum absolute atomic E-state index is 12.0. The summed E-state index contributed by atoms with van der Waals surface area (Å²) in [6.07, 6.45) is 0. The van der Waals surface area contributed by atoms with Gasteiger partial charge in [-0.25, -0.2) is 9.97 Å². The SMILES string of the molecule is Cc1cc(N)nc(SCC(=O)c2ccc(OC(F)F)cc2)n1. The lowest BCUT2D eigenvalue weighted by Gasteiger charge is -2.05. The average molecular weight is 325 g/mol. The predicted octanol–water partition coefficient (Wildman–Crippen LogP) is 2.94. The van der Waals surface area contributed by atoms with Crippen molar-refractivity contribution in [3.8, 4) is 5.75 Å². The van der Waals surface area contributed by atoms with Crippen molar-refractivity contribution in [1.82, 2.24) is 9.97 Å². The Bertz CT molecular complexity index is 645. The number of rotatable bonds is 6. The third-order valence-corrected chi connectivity index (χ3v) is 3.43. The molecule has 8 heteroatoms. The van der Waals surface area contributed by atoms with Crippen molar-refractivity contribution in [3.05, 3.63) is 41.6 Å². The van der Waals surface area contributed by atoms with E-state index in [9.17, 15) is 13.6 Å². The molecule has 1 aromatic carbocycles. The van der Waals surface area contributed by atoms with Gasteiger partial charge in [-0.05, 0) is 31.2 Å². The second-order valence-corrected chi connectivity index (χ2v) is 5.27. The molecule has 116 valence electrons. The third-order valence-electron chi connectivity index (χ3n) is 2.59. The number of nitrogens with zero attached hydrogens (tertiary/aromatic N) is 2. The van der Waals surface area contributed by atoms with Gasteiger partial charge in [0.15, 0.2) is 10.9 Å². The fourth-order valence-corrected chi connectivity index (χ4v) is 2.47. The fourth-order valence-electron chi connectivity index (χ4n) is 1.67. The van der Waals surface area contributed by atoms with E-state index in [-0.39, 0.29) is 17.3 Å². The van der Waals surface area contributed by atoms with Gasteiger partial charge in [0, 0.05) is 17.3 Å². The minimum Gasteiger partial charge on any atom is -0.435 e. The van der Waals surface area contributed by atoms with E-state index in [1.807, 2.05) is 0 Å². The third kappa shape index (κ3) is 4.66. The van der Waals surface area contributed by atoms with E-state index in [0.717, 1.165) is 17.5 Å². The van der Waals surface area contributed by atoms with Crippen LogP contribution in [0.15, 0.2) is 35.5 Å². The van der Waals surface area contributed by atoms with Crippen molar-refractivity contribution in [2.45, 2.75) is 18.7 Å². The van der Waals surface area contributed by atoms with Crippen LogP contribution < -0.4 is 10.5 Å². The standard InChI is InChI=1S/C14H13F2N3O2S/c1-8-6-12(17)19-14(18-8)22-7-11(20)9-2-4-10(5-3-9)21-13(15)16/h2-6,13H,7H2,1H3,(H2,17,18,19). The number of hydrogen-bond acceptors (Lipinski definition) is 6. The van der Waals surface area contributed by atoms with E-state index in [0.29, 0.717) is 16.5 Å². The molecular formula is C14H13F2N3O2S. The van der Waals surface area contributed by atoms with Gasteiger partial charge in [-0.2, -0.15) is 8.78 Å². The molecular weight excluding hydrogens is 312 g/mol. The summed E-state index contributed by atoms with van der Waals surface area (Å²) in [5.74, 6) is 0.306. The first-order valence-corrected chi connectivity index (χ1v) is 7.24. The lowest BCUT2D eigenvalue weighted by Crippen LogP contribution is -2.05. The van der Waals surface area contributed by atoms with Crippen molar-refractivity contribution in [2.24, 2.45) is 0 Å². The highest BCUT2D eigenvalue weighted by Crippen LogP contribution is 2.19. The normalized spacial score (nSPS) is 10.7. The molecule has 0 bridgehead atoms. The molecule has 2 N–H and O–H groups in total. The van der Waals surface area contributed by atoms with Crippen LogP contribution in [0.3, 0.4) is 0 Å². The Morgan fingerprint density at radius 2 is 2.00 bits per heavy atom. The molecule has 0 aliphatic heterocycles. The molecule has 0 saturated heterocycles. The number of aryl methyl sites for hydroxylation is 1. The first-order chi connectivity index (χ1) is 10.4. The Balaban J connectivity index is 1.97. The summed E-state index contributed by atoms with van der Waals surface area (Å²) in [5.41, 5.74) is 6.73. The molecule has 22 heavy (non-hydrogen) atoms. The predicted molar refractivity (Wildman–Crippen MR) is 79.3 cm³/mol. The molecule has 0 amide bonds. The summed E-state index contributed by atoms with van der Waals surface area (Å²) in [5, 5.41) is 0.420. The molecule has 0 aliphatic carbocycles. The number of nitrogen functional groups attached to an aromatic ring is 1. The quantitative estimate of drug-likeness (QED) is 0.500. The molecule has 0 unspecified atom stereocenters. The highest BCUT2D eigenvalue weighted by atomic mass is 32.2. The number of carbonyl (C=O) groups excluding carboxylic acids is 1. The highest BCUT2D eigenvalue weighted by Gasteiger charge is 2.10. The van der Waals surface area contributed by atoms with E-state index in [1.165, 1.54) is 24.3 Å². The maximum Gasteiger partial charge on any atom is 0.387 e. The molecule has 0 atom stereocenters. The van der Waals surface area contributed by atoms with E-state index in [2.05, 4.69) is 14.7 Å². The van der Waals surface area contributed by atoms with Gasteiger partial charge in [0.1, 0.15) is 11.6 Å². The summed E-state index contributed by atoms with van der Waals surface area (Å²) in [4.78, 5) is 20.2. The zero-order valence-corrected chi connectivity index (χ0v) is 12.4. The highest BCUT2D eigenvalue weighted by molar-refractivity contribution is 7.99. The zero-order valence-electron chi connectivity index (χ0n) is 11.6. The van der Waals surface area contributed by atoms with Gasteiger partial charge in [-0.1, -0.05) is 11.8 Å². The van der Waals surface area contributed by atoms with Crippen LogP contribution in [0.1, 0.15) is 16.1 Å². The Hall–Kier alpha value is -2.22. The van der Waals surface area contributed by atoms with Gasteiger partial charge in [-0.3, -0.25) is 4.79 Å². The molecule has 0 spiro atoms. The molecule has 2 rings (SSSR count). The lowest BCUT2D eigenvalue weighted by molar-refractivity contribution is -0.0498. The van der Waals surface area contributed by atoms with Crippen LogP contribution in [0.5, 0.6) is 5.75 Å². The topological polar surface area (TPSA) is 78.1 Å². The van der Waals surface area contributed by atoms with Gasteiger partial charge < -0.3 is 10.5 Å². The summed E-state index contributed by atoms with van der Waals surface area (Å²) in [6, 6.07) is 7.15. The second kappa shape index (κ2) is 7.17. The van der Waals surface area contributed by atoms with Crippen LogP contribution in [0, 0.1) is 6.92 Å². The Labute approximate surface area is 129 Å². The number of hydrogen-bond donors (Lipinski definition) is 1. The number of halogens is 2. The maximum atomic E-state index is 12.0. The second-order valence-electron chi connectivity index (χ2n) is 4.33. The molecule has 2 aromatic rings. The van der Waals surface area contributed by atoms with E-state index in [1.54, 1.807) is 13.0 Å². The Morgan fingerprint density at radius 3 is 2.59 bits per heavy atom. The fraction of sp³-hybridized carbons (Fsp3) is 0.214. The summed E-state index contributed by atoms with van der Waals surface area (Å²) < 4.78 is 28.3. The van der Waals surface area contributed by atoms with Crippen molar-refractivity contribution < 1.29 is 18.3 Å². The lowest BCUT2D eigenvalue weighted by atomic mass is 10.1. The Kier molecular flexibility index (Phi) is 5.26. The molecule has 5 nitrogen and oxygen atoms in total. The monoisotopic (exact) mass is 325 g/mol. The number of ketones is 1. The molecule has 0 fully saturated rings. The van der Waals surface area contributed by atoms with Crippen LogP contribution in [0.2, 0.25) is 0 Å². The number of anilines is 1. The number of carbonyl (C=O) groups is 1. The number of nitrogens with two attached hydrogens (primary N) is 1. The summed E-state index contributed by atoms with van der Waals surface area (Å²) >= 11 is 1.16. The van der Waals surface area contributed by atoms with Gasteiger partial charge in [0.2, 0.25) is 0 Å². The molecule has 1 heterocycles. The Morgan fingerprint density at radius 1 is 1.32 bits per heavy atom. The first-order valence-electron chi connectivity index (χ1n) is 6.26. The van der Waals surface area contributed by atoms with Gasteiger partial charge in [0.25, 0.3) is 0 Å². The van der Waals surface area contributed by atoms with E-state index < -0.39 is 6.61 Å². The summed E-state index contributed by atoms with van der Waals surface area (Å²) in [6.45, 7) is -1.10. The van der Waals surface area contributed by atoms with Crippen molar-refractivity contribution in [1.29, 1.82) is 0 Å². The number of ether oxygens (including phenoxy) is 1. The molecule has 1 aromatic heterocycles. The number of Topliss-reactive ketones (excluding diaryl/α,β-unsaturated/α-hetero) is 1. The van der Waals surface area contributed by atoms with Crippen molar-refractivity contribution >= 4 is 23.4 Å². The van der Waals surface area contributed by atoms with Crippen LogP contribution in [0.4, 0.5) is 14.6 Å². The van der Waals surface area contributed by atoms with Gasteiger partial charge >= 0.3 is 6.61 Å². The van der Waals surface area contributed by atoms with Crippen molar-refractivity contribution in [2.75, 3.05) is 11.5 Å². The number of thioether (sulfide) groups is 1. The zero-order chi connectivity index (χ0) is 16.1. The number of alkyl halides is 2. The van der Waals surface area contributed by atoms with Gasteiger partial charge in [-0.15, -0.1) is 0 Å². The smallest absolute Gasteiger partial charge is 0.387 e. The largest absolute Gasteiger partial charge is 0.435 e. The van der Waals surface area contributed by atoms with E-state index >= 15 is 0 Å². The van der Waals surface area contributed by atoms with Crippen LogP contribution in [0.25, 0.3) is 0 Å². The van der Waals surface area contributed by atoms with Gasteiger partial charge in [0.05, 0.1) is 5.75 Å². The summed E-state index contributed by atoms with van der Waals surface area (Å²) in [7, 11) is 0. The number of benzene rings is 1. The minimum atomic E-state index is -2.89. The van der Waals surface area contributed by atoms with Crippen molar-refractivity contribution in [3.63, 3.8) is 0 Å². The minimum absolute atomic E-state index is 0.00833. The van der Waals surface area contributed by atoms with Crippen LogP contribution in [-0.4, -0.2) is 28.1 Å². The molecule has 0 radical (unpaired) electrons.